The van der Waals surface area contributed by atoms with Crippen LogP contribution in [-0.4, -0.2) is 22.0 Å². The van der Waals surface area contributed by atoms with Gasteiger partial charge in [-0.25, -0.2) is 4.99 Å². The number of aryl methyl sites for hydroxylation is 1. The number of thioether (sulfide) groups is 1. The van der Waals surface area contributed by atoms with Gasteiger partial charge in [0.1, 0.15) is 11.5 Å². The average Bonchev–Trinajstić information content (AvgIpc) is 3.35. The summed E-state index contributed by atoms with van der Waals surface area (Å²) in [5.41, 5.74) is 2.94. The Bertz CT molecular complexity index is 1150. The van der Waals surface area contributed by atoms with Crippen molar-refractivity contribution >= 4 is 46.2 Å². The maximum atomic E-state index is 13.2. The zero-order chi connectivity index (χ0) is 22.0. The van der Waals surface area contributed by atoms with E-state index in [1.807, 2.05) is 74.5 Å². The van der Waals surface area contributed by atoms with Crippen LogP contribution in [0.1, 0.15) is 31.6 Å². The smallest absolute Gasteiger partial charge is 0.267 e. The standard InChI is InChI=1S/C25H23ClN2O2S/c1-4-17(3)28-24(29)23(31-25(28)27-20-11-5-16(2)6-12-20)15-21-13-14-22(30-21)18-7-9-19(26)10-8-18/h5-15,17H,4H2,1-3H3/b23-15+,27-25?/t17-/m1/s1. The van der Waals surface area contributed by atoms with Crippen LogP contribution in [0.5, 0.6) is 0 Å². The Labute approximate surface area is 191 Å². The molecule has 1 atom stereocenters. The largest absolute Gasteiger partial charge is 0.457 e. The molecule has 31 heavy (non-hydrogen) atoms. The van der Waals surface area contributed by atoms with Crippen molar-refractivity contribution in [2.75, 3.05) is 0 Å². The molecule has 0 radical (unpaired) electrons. The number of halogens is 1. The van der Waals surface area contributed by atoms with Crippen LogP contribution >= 0.6 is 23.4 Å². The summed E-state index contributed by atoms with van der Waals surface area (Å²) >= 11 is 7.35. The summed E-state index contributed by atoms with van der Waals surface area (Å²) in [5, 5.41) is 1.37. The molecule has 2 aromatic carbocycles. The van der Waals surface area contributed by atoms with Crippen molar-refractivity contribution in [2.45, 2.75) is 33.2 Å². The molecule has 4 rings (SSSR count). The van der Waals surface area contributed by atoms with Gasteiger partial charge in [0.25, 0.3) is 5.91 Å². The van der Waals surface area contributed by atoms with Crippen molar-refractivity contribution in [2.24, 2.45) is 4.99 Å². The Kier molecular flexibility index (Phi) is 6.35. The highest BCUT2D eigenvalue weighted by atomic mass is 35.5. The Morgan fingerprint density at radius 3 is 2.48 bits per heavy atom. The molecular formula is C25H23ClN2O2S. The molecule has 0 saturated carbocycles. The second-order valence-electron chi connectivity index (χ2n) is 7.48. The van der Waals surface area contributed by atoms with Crippen molar-refractivity contribution < 1.29 is 9.21 Å². The van der Waals surface area contributed by atoms with Crippen LogP contribution < -0.4 is 0 Å². The fraction of sp³-hybridized carbons (Fsp3) is 0.200. The molecule has 0 N–H and O–H groups in total. The first-order valence-corrected chi connectivity index (χ1v) is 11.4. The van der Waals surface area contributed by atoms with Gasteiger partial charge in [-0.3, -0.25) is 9.69 Å². The van der Waals surface area contributed by atoms with Crippen molar-refractivity contribution in [3.05, 3.63) is 81.9 Å². The third-order valence-corrected chi connectivity index (χ3v) is 6.39. The van der Waals surface area contributed by atoms with E-state index in [9.17, 15) is 4.79 Å². The lowest BCUT2D eigenvalue weighted by Gasteiger charge is -2.22. The normalized spacial score (nSPS) is 17.7. The molecule has 0 unspecified atom stereocenters. The summed E-state index contributed by atoms with van der Waals surface area (Å²) in [6.07, 6.45) is 2.63. The molecule has 4 nitrogen and oxygen atoms in total. The van der Waals surface area contributed by atoms with Crippen LogP contribution in [0.15, 0.2) is 75.0 Å². The fourth-order valence-corrected chi connectivity index (χ4v) is 4.39. The molecule has 1 aliphatic heterocycles. The lowest BCUT2D eigenvalue weighted by atomic mass is 10.2. The molecule has 0 spiro atoms. The van der Waals surface area contributed by atoms with Gasteiger partial charge in [-0.2, -0.15) is 0 Å². The molecule has 1 saturated heterocycles. The summed E-state index contributed by atoms with van der Waals surface area (Å²) in [6.45, 7) is 6.15. The van der Waals surface area contributed by atoms with Crippen LogP contribution in [-0.2, 0) is 4.79 Å². The van der Waals surface area contributed by atoms with Crippen molar-refractivity contribution in [1.29, 1.82) is 0 Å². The number of carbonyl (C=O) groups excluding carboxylic acids is 1. The molecule has 0 aliphatic carbocycles. The van der Waals surface area contributed by atoms with Crippen LogP contribution in [0, 0.1) is 6.92 Å². The van der Waals surface area contributed by atoms with Gasteiger partial charge in [0.15, 0.2) is 5.17 Å². The number of benzene rings is 2. The molecule has 1 fully saturated rings. The van der Waals surface area contributed by atoms with Gasteiger partial charge in [-0.1, -0.05) is 36.2 Å². The first-order chi connectivity index (χ1) is 14.9. The highest BCUT2D eigenvalue weighted by Crippen LogP contribution is 2.36. The number of aliphatic imine (C=N–C) groups is 1. The molecule has 6 heteroatoms. The summed E-state index contributed by atoms with van der Waals surface area (Å²) in [6, 6.07) is 19.3. The Hall–Kier alpha value is -2.76. The molecule has 1 aromatic heterocycles. The van der Waals surface area contributed by atoms with E-state index in [-0.39, 0.29) is 11.9 Å². The number of amides is 1. The summed E-state index contributed by atoms with van der Waals surface area (Å²) in [4.78, 5) is 20.3. The van der Waals surface area contributed by atoms with Crippen molar-refractivity contribution in [3.8, 4) is 11.3 Å². The van der Waals surface area contributed by atoms with E-state index in [1.165, 1.54) is 17.3 Å². The minimum atomic E-state index is -0.0466. The Balaban J connectivity index is 1.64. The number of rotatable bonds is 5. The number of nitrogens with zero attached hydrogens (tertiary/aromatic N) is 2. The van der Waals surface area contributed by atoms with Gasteiger partial charge in [-0.15, -0.1) is 0 Å². The minimum Gasteiger partial charge on any atom is -0.457 e. The fourth-order valence-electron chi connectivity index (χ4n) is 3.19. The predicted octanol–water partition coefficient (Wildman–Crippen LogP) is 7.31. The van der Waals surface area contributed by atoms with E-state index in [0.717, 1.165) is 23.4 Å². The van der Waals surface area contributed by atoms with E-state index in [1.54, 1.807) is 11.0 Å². The number of hydrogen-bond acceptors (Lipinski definition) is 4. The van der Waals surface area contributed by atoms with Gasteiger partial charge in [0.2, 0.25) is 0 Å². The van der Waals surface area contributed by atoms with Gasteiger partial charge in [-0.05, 0) is 80.6 Å². The average molecular weight is 451 g/mol. The minimum absolute atomic E-state index is 0.0466. The highest BCUT2D eigenvalue weighted by molar-refractivity contribution is 8.18. The van der Waals surface area contributed by atoms with Crippen LogP contribution in [0.4, 0.5) is 5.69 Å². The van der Waals surface area contributed by atoms with Gasteiger partial charge < -0.3 is 4.42 Å². The SMILES string of the molecule is CC[C@@H](C)N1C(=O)/C(=C\c2ccc(-c3ccc(Cl)cc3)o2)SC1=Nc1ccc(C)cc1. The molecule has 1 amide bonds. The Morgan fingerprint density at radius 2 is 1.81 bits per heavy atom. The van der Waals surface area contributed by atoms with Crippen LogP contribution in [0.2, 0.25) is 5.02 Å². The molecule has 3 aromatic rings. The maximum Gasteiger partial charge on any atom is 0.267 e. The zero-order valence-corrected chi connectivity index (χ0v) is 19.2. The quantitative estimate of drug-likeness (QED) is 0.383. The van der Waals surface area contributed by atoms with E-state index in [4.69, 9.17) is 21.0 Å². The van der Waals surface area contributed by atoms with Crippen molar-refractivity contribution in [3.63, 3.8) is 0 Å². The molecular weight excluding hydrogens is 428 g/mol. The maximum absolute atomic E-state index is 13.2. The zero-order valence-electron chi connectivity index (χ0n) is 17.6. The van der Waals surface area contributed by atoms with Gasteiger partial charge in [0.05, 0.1) is 10.6 Å². The van der Waals surface area contributed by atoms with E-state index in [0.29, 0.717) is 20.9 Å². The first kappa shape index (κ1) is 21.5. The second kappa shape index (κ2) is 9.16. The van der Waals surface area contributed by atoms with Gasteiger partial charge >= 0.3 is 0 Å². The first-order valence-electron chi connectivity index (χ1n) is 10.2. The molecule has 158 valence electrons. The molecule has 2 heterocycles. The summed E-state index contributed by atoms with van der Waals surface area (Å²) < 4.78 is 5.97. The predicted molar refractivity (Wildman–Crippen MR) is 130 cm³/mol. The highest BCUT2D eigenvalue weighted by Gasteiger charge is 2.36. The molecule has 0 bridgehead atoms. The third kappa shape index (κ3) is 4.78. The van der Waals surface area contributed by atoms with E-state index >= 15 is 0 Å². The number of hydrogen-bond donors (Lipinski definition) is 0. The monoisotopic (exact) mass is 450 g/mol. The van der Waals surface area contributed by atoms with Crippen LogP contribution in [0.25, 0.3) is 17.4 Å². The third-order valence-electron chi connectivity index (χ3n) is 5.16. The summed E-state index contributed by atoms with van der Waals surface area (Å²) in [7, 11) is 0. The Morgan fingerprint density at radius 1 is 1.10 bits per heavy atom. The number of furan rings is 1. The lowest BCUT2D eigenvalue weighted by molar-refractivity contribution is -0.123. The van der Waals surface area contributed by atoms with Crippen LogP contribution in [0.3, 0.4) is 0 Å². The number of amidine groups is 1. The second-order valence-corrected chi connectivity index (χ2v) is 8.93. The van der Waals surface area contributed by atoms with E-state index in [2.05, 4.69) is 6.92 Å². The van der Waals surface area contributed by atoms with E-state index < -0.39 is 0 Å². The van der Waals surface area contributed by atoms with Gasteiger partial charge in [0, 0.05) is 22.7 Å². The molecule has 1 aliphatic rings. The lowest BCUT2D eigenvalue weighted by Crippen LogP contribution is -2.36. The van der Waals surface area contributed by atoms with Crippen molar-refractivity contribution in [1.82, 2.24) is 4.90 Å². The summed E-state index contributed by atoms with van der Waals surface area (Å²) in [5.74, 6) is 1.31. The topological polar surface area (TPSA) is 45.8 Å². The number of carbonyl (C=O) groups is 1.